The van der Waals surface area contributed by atoms with Crippen molar-refractivity contribution >= 4 is 28.9 Å². The number of aliphatic hydroxyl groups is 3. The lowest BCUT2D eigenvalue weighted by Gasteiger charge is -2.50. The maximum Gasteiger partial charge on any atom is 0.255 e. The fourth-order valence-corrected chi connectivity index (χ4v) is 6.63. The number of phenols is 1. The van der Waals surface area contributed by atoms with Crippen LogP contribution in [0.4, 0.5) is 5.69 Å². The highest BCUT2D eigenvalue weighted by atomic mass is 16.3. The highest BCUT2D eigenvalue weighted by molar-refractivity contribution is 6.24. The number of anilines is 1. The summed E-state index contributed by atoms with van der Waals surface area (Å²) < 4.78 is 0. The summed E-state index contributed by atoms with van der Waals surface area (Å²) in [6, 6.07) is 0.433. The van der Waals surface area contributed by atoms with E-state index in [0.717, 1.165) is 17.8 Å². The van der Waals surface area contributed by atoms with Gasteiger partial charge >= 0.3 is 0 Å². The van der Waals surface area contributed by atoms with E-state index in [1.54, 1.807) is 20.2 Å². The number of Topliss-reactive ketones (excluding diaryl/α,β-unsaturated/α-hetero) is 2. The normalized spacial score (nSPS) is 26.6. The SMILES string of the molecule is CN(C)c1c(CNCC(C)(C)C)cc(O)c2c1C[C@H]1C[C@H]3[C@H](N(C)C)C(=O)C(C(N)=O)=C(O)[C@@]3(O)C(=O)C1=C2O. The lowest BCUT2D eigenvalue weighted by atomic mass is 9.57. The van der Waals surface area contributed by atoms with E-state index in [4.69, 9.17) is 5.73 Å². The average molecular weight is 557 g/mol. The van der Waals surface area contributed by atoms with Crippen LogP contribution in [0, 0.1) is 17.3 Å². The van der Waals surface area contributed by atoms with Crippen molar-refractivity contribution in [3.05, 3.63) is 39.7 Å². The van der Waals surface area contributed by atoms with E-state index in [-0.39, 0.29) is 35.1 Å². The Bertz CT molecular complexity index is 1350. The fourth-order valence-electron chi connectivity index (χ4n) is 6.63. The molecule has 0 radical (unpaired) electrons. The number of nitrogens with two attached hydrogens (primary N) is 1. The van der Waals surface area contributed by atoms with Gasteiger partial charge in [0.05, 0.1) is 11.6 Å². The minimum absolute atomic E-state index is 0.0402. The van der Waals surface area contributed by atoms with Crippen LogP contribution in [-0.4, -0.2) is 89.2 Å². The van der Waals surface area contributed by atoms with Crippen molar-refractivity contribution in [2.24, 2.45) is 23.0 Å². The highest BCUT2D eigenvalue weighted by Gasteiger charge is 2.64. The molecule has 0 aromatic heterocycles. The summed E-state index contributed by atoms with van der Waals surface area (Å²) in [5.41, 5.74) is 4.10. The number of aliphatic hydroxyl groups excluding tert-OH is 2. The summed E-state index contributed by atoms with van der Waals surface area (Å²) in [5, 5.41) is 48.7. The number of carbonyl (C=O) groups excluding carboxylic acids is 3. The molecule has 11 heteroatoms. The molecule has 0 unspecified atom stereocenters. The van der Waals surface area contributed by atoms with Crippen molar-refractivity contribution in [1.29, 1.82) is 0 Å². The maximum atomic E-state index is 14.0. The first-order chi connectivity index (χ1) is 18.4. The first kappa shape index (κ1) is 29.6. The molecule has 1 amide bonds. The van der Waals surface area contributed by atoms with Gasteiger partial charge in [-0.2, -0.15) is 0 Å². The number of carbonyl (C=O) groups is 3. The molecule has 1 fully saturated rings. The summed E-state index contributed by atoms with van der Waals surface area (Å²) in [7, 11) is 6.87. The molecule has 3 aliphatic rings. The Morgan fingerprint density at radius 1 is 1.15 bits per heavy atom. The number of fused-ring (bicyclic) bond motifs is 3. The molecule has 0 spiro atoms. The fraction of sp³-hybridized carbons (Fsp3) is 0.552. The Morgan fingerprint density at radius 3 is 2.30 bits per heavy atom. The van der Waals surface area contributed by atoms with Gasteiger partial charge in [0.25, 0.3) is 5.91 Å². The first-order valence-electron chi connectivity index (χ1n) is 13.3. The second-order valence-electron chi connectivity index (χ2n) is 12.8. The summed E-state index contributed by atoms with van der Waals surface area (Å²) in [6.07, 6.45) is 0.286. The number of hydrogen-bond acceptors (Lipinski definition) is 10. The van der Waals surface area contributed by atoms with Gasteiger partial charge in [0.15, 0.2) is 11.4 Å². The molecule has 7 N–H and O–H groups in total. The van der Waals surface area contributed by atoms with Crippen molar-refractivity contribution in [2.75, 3.05) is 39.6 Å². The molecule has 1 aromatic carbocycles. The zero-order valence-electron chi connectivity index (χ0n) is 24.1. The van der Waals surface area contributed by atoms with E-state index in [0.29, 0.717) is 12.1 Å². The Balaban J connectivity index is 1.90. The van der Waals surface area contributed by atoms with Crippen LogP contribution < -0.4 is 16.0 Å². The van der Waals surface area contributed by atoms with E-state index in [9.17, 15) is 34.8 Å². The zero-order chi connectivity index (χ0) is 30.1. The van der Waals surface area contributed by atoms with E-state index in [1.165, 1.54) is 4.90 Å². The lowest BCUT2D eigenvalue weighted by molar-refractivity contribution is -0.153. The number of primary amides is 1. The van der Waals surface area contributed by atoms with Gasteiger partial charge in [-0.15, -0.1) is 0 Å². The Labute approximate surface area is 233 Å². The molecule has 40 heavy (non-hydrogen) atoms. The molecule has 218 valence electrons. The number of aromatic hydroxyl groups is 1. The molecule has 3 aliphatic carbocycles. The third-order valence-electron chi connectivity index (χ3n) is 8.19. The van der Waals surface area contributed by atoms with Gasteiger partial charge in [-0.3, -0.25) is 19.3 Å². The number of amides is 1. The molecule has 4 rings (SSSR count). The largest absolute Gasteiger partial charge is 0.508 e. The minimum atomic E-state index is -2.65. The Morgan fingerprint density at radius 2 is 1.77 bits per heavy atom. The maximum absolute atomic E-state index is 14.0. The van der Waals surface area contributed by atoms with Crippen LogP contribution in [0.5, 0.6) is 5.75 Å². The van der Waals surface area contributed by atoms with Crippen LogP contribution in [0.2, 0.25) is 0 Å². The molecular weight excluding hydrogens is 516 g/mol. The van der Waals surface area contributed by atoms with Gasteiger partial charge in [-0.05, 0) is 55.5 Å². The standard InChI is InChI=1S/C29H40N4O7/c1-28(2,3)12-31-11-14-10-17(34)19-15(21(14)32(4)5)8-13-9-16-22(33(6)7)24(36)20(27(30)39)26(38)29(16,40)25(37)18(13)23(19)35/h10,13,16,22,31,34-35,38,40H,8-9,11-12H2,1-7H3,(H2,30,39)/t13-,16-,22-,29-/m0/s1. The number of benzene rings is 1. The van der Waals surface area contributed by atoms with E-state index < -0.39 is 58.0 Å². The lowest BCUT2D eigenvalue weighted by Crippen LogP contribution is -2.65. The van der Waals surface area contributed by atoms with Gasteiger partial charge in [0, 0.05) is 44.4 Å². The molecular formula is C29H40N4O7. The zero-order valence-corrected chi connectivity index (χ0v) is 24.1. The van der Waals surface area contributed by atoms with Crippen LogP contribution in [0.3, 0.4) is 0 Å². The summed E-state index contributed by atoms with van der Waals surface area (Å²) in [5.74, 6) is -6.60. The quantitative estimate of drug-likeness (QED) is 0.279. The summed E-state index contributed by atoms with van der Waals surface area (Å²) in [6.45, 7) is 7.52. The molecule has 1 aromatic rings. The second kappa shape index (κ2) is 9.90. The van der Waals surface area contributed by atoms with Crippen molar-refractivity contribution in [3.63, 3.8) is 0 Å². The van der Waals surface area contributed by atoms with E-state index >= 15 is 0 Å². The van der Waals surface area contributed by atoms with Crippen molar-refractivity contribution in [1.82, 2.24) is 10.2 Å². The Kier molecular flexibility index (Phi) is 7.32. The molecule has 0 aliphatic heterocycles. The van der Waals surface area contributed by atoms with Gasteiger partial charge in [0.2, 0.25) is 5.78 Å². The third-order valence-corrected chi connectivity index (χ3v) is 8.19. The summed E-state index contributed by atoms with van der Waals surface area (Å²) in [4.78, 5) is 42.7. The Hall–Kier alpha value is -3.41. The second-order valence-corrected chi connectivity index (χ2v) is 12.8. The first-order valence-corrected chi connectivity index (χ1v) is 13.3. The van der Waals surface area contributed by atoms with Gasteiger partial charge < -0.3 is 36.4 Å². The monoisotopic (exact) mass is 556 g/mol. The van der Waals surface area contributed by atoms with Crippen LogP contribution in [0.1, 0.15) is 43.9 Å². The highest BCUT2D eigenvalue weighted by Crippen LogP contribution is 2.54. The number of phenolic OH excluding ortho intramolecular Hbond substituents is 1. The van der Waals surface area contributed by atoms with Crippen LogP contribution >= 0.6 is 0 Å². The molecule has 0 bridgehead atoms. The molecule has 0 saturated heterocycles. The van der Waals surface area contributed by atoms with Crippen molar-refractivity contribution in [2.45, 2.75) is 51.8 Å². The van der Waals surface area contributed by atoms with Crippen LogP contribution in [-0.2, 0) is 27.3 Å². The van der Waals surface area contributed by atoms with Crippen molar-refractivity contribution in [3.8, 4) is 5.75 Å². The smallest absolute Gasteiger partial charge is 0.255 e. The van der Waals surface area contributed by atoms with Gasteiger partial charge in [0.1, 0.15) is 22.8 Å². The predicted octanol–water partition coefficient (Wildman–Crippen LogP) is 1.17. The van der Waals surface area contributed by atoms with E-state index in [1.807, 2.05) is 19.0 Å². The molecule has 1 saturated carbocycles. The number of hydrogen-bond donors (Lipinski definition) is 6. The third kappa shape index (κ3) is 4.46. The van der Waals surface area contributed by atoms with Gasteiger partial charge in [-0.25, -0.2) is 0 Å². The number of nitrogens with one attached hydrogen (secondary N) is 1. The molecule has 11 nitrogen and oxygen atoms in total. The number of nitrogens with zero attached hydrogens (tertiary/aromatic N) is 2. The molecule has 0 heterocycles. The average Bonchev–Trinajstić information content (AvgIpc) is 2.79. The number of likely N-dealkylation sites (N-methyl/N-ethyl adjacent to an activating group) is 1. The molecule has 4 atom stereocenters. The topological polar surface area (TPSA) is 177 Å². The summed E-state index contributed by atoms with van der Waals surface area (Å²) >= 11 is 0. The van der Waals surface area contributed by atoms with E-state index in [2.05, 4.69) is 26.1 Å². The van der Waals surface area contributed by atoms with Crippen LogP contribution in [0.15, 0.2) is 23.0 Å². The van der Waals surface area contributed by atoms with Crippen LogP contribution in [0.25, 0.3) is 5.76 Å². The number of rotatable bonds is 6. The minimum Gasteiger partial charge on any atom is -0.508 e. The van der Waals surface area contributed by atoms with Crippen molar-refractivity contribution < 1.29 is 34.8 Å². The number of ketones is 2. The predicted molar refractivity (Wildman–Crippen MR) is 150 cm³/mol. The van der Waals surface area contributed by atoms with Gasteiger partial charge in [-0.1, -0.05) is 20.8 Å².